The van der Waals surface area contributed by atoms with Crippen molar-refractivity contribution in [3.05, 3.63) is 52.3 Å². The normalized spacial score (nSPS) is 11.1. The van der Waals surface area contributed by atoms with Crippen LogP contribution in [-0.2, 0) is 0 Å². The largest absolute Gasteiger partial charge is 0.369 e. The van der Waals surface area contributed by atoms with Crippen LogP contribution in [0.4, 0.5) is 10.3 Å². The van der Waals surface area contributed by atoms with Crippen LogP contribution in [0.2, 0.25) is 10.0 Å². The summed E-state index contributed by atoms with van der Waals surface area (Å²) in [6, 6.07) is 9.54. The Hall–Kier alpha value is -1.78. The van der Waals surface area contributed by atoms with E-state index in [1.165, 1.54) is 16.7 Å². The molecule has 0 fully saturated rings. The van der Waals surface area contributed by atoms with Crippen LogP contribution in [0.1, 0.15) is 0 Å². The SMILES string of the molecule is Nc1nc2cc(Cl)ccc2n1-c1c(F)cccc1Cl. The van der Waals surface area contributed by atoms with Crippen LogP contribution in [-0.4, -0.2) is 9.55 Å². The molecule has 0 spiro atoms. The molecule has 0 atom stereocenters. The number of aromatic nitrogens is 2. The summed E-state index contributed by atoms with van der Waals surface area (Å²) in [7, 11) is 0. The van der Waals surface area contributed by atoms with Crippen molar-refractivity contribution in [1.29, 1.82) is 0 Å². The zero-order valence-electron chi connectivity index (χ0n) is 9.57. The molecule has 2 N–H and O–H groups in total. The predicted molar refractivity (Wildman–Crippen MR) is 75.5 cm³/mol. The summed E-state index contributed by atoms with van der Waals surface area (Å²) in [4.78, 5) is 4.16. The maximum absolute atomic E-state index is 14.0. The molecule has 0 unspecified atom stereocenters. The molecule has 3 rings (SSSR count). The molecule has 6 heteroatoms. The molecule has 1 heterocycles. The van der Waals surface area contributed by atoms with Crippen molar-refractivity contribution in [2.24, 2.45) is 0 Å². The van der Waals surface area contributed by atoms with Gasteiger partial charge in [0.1, 0.15) is 11.5 Å². The third-order valence-corrected chi connectivity index (χ3v) is 3.34. The van der Waals surface area contributed by atoms with Crippen molar-refractivity contribution in [2.45, 2.75) is 0 Å². The molecule has 3 nitrogen and oxygen atoms in total. The fraction of sp³-hybridized carbons (Fsp3) is 0. The lowest BCUT2D eigenvalue weighted by molar-refractivity contribution is 0.620. The molecule has 3 aromatic rings. The number of nitrogens with zero attached hydrogens (tertiary/aromatic N) is 2. The standard InChI is InChI=1S/C13H8Cl2FN3/c14-7-4-5-11-10(6-7)18-13(17)19(11)12-8(15)2-1-3-9(12)16/h1-6H,(H2,17,18). The Morgan fingerprint density at radius 2 is 1.95 bits per heavy atom. The van der Waals surface area contributed by atoms with E-state index >= 15 is 0 Å². The van der Waals surface area contributed by atoms with E-state index < -0.39 is 5.82 Å². The lowest BCUT2D eigenvalue weighted by Gasteiger charge is -2.09. The van der Waals surface area contributed by atoms with Gasteiger partial charge in [-0.3, -0.25) is 4.57 Å². The van der Waals surface area contributed by atoms with Crippen molar-refractivity contribution in [1.82, 2.24) is 9.55 Å². The highest BCUT2D eigenvalue weighted by atomic mass is 35.5. The first-order valence-corrected chi connectivity index (χ1v) is 6.21. The smallest absolute Gasteiger partial charge is 0.206 e. The molecule has 0 saturated carbocycles. The van der Waals surface area contributed by atoms with E-state index in [1.54, 1.807) is 24.3 Å². The second kappa shape index (κ2) is 4.40. The number of fused-ring (bicyclic) bond motifs is 1. The van der Waals surface area contributed by atoms with Gasteiger partial charge in [-0.25, -0.2) is 9.37 Å². The van der Waals surface area contributed by atoms with E-state index in [9.17, 15) is 4.39 Å². The van der Waals surface area contributed by atoms with Crippen LogP contribution in [0.5, 0.6) is 0 Å². The quantitative estimate of drug-likeness (QED) is 0.736. The Bertz CT molecular complexity index is 763. The Morgan fingerprint density at radius 3 is 2.68 bits per heavy atom. The number of hydrogen-bond donors (Lipinski definition) is 1. The Labute approximate surface area is 118 Å². The van der Waals surface area contributed by atoms with Crippen molar-refractivity contribution in [3.8, 4) is 5.69 Å². The molecule has 0 radical (unpaired) electrons. The molecule has 0 saturated heterocycles. The summed E-state index contributed by atoms with van der Waals surface area (Å²) >= 11 is 12.0. The van der Waals surface area contributed by atoms with E-state index in [-0.39, 0.29) is 16.7 Å². The molecule has 0 bridgehead atoms. The average molecular weight is 296 g/mol. The fourth-order valence-corrected chi connectivity index (χ4v) is 2.42. The number of nitrogens with two attached hydrogens (primary N) is 1. The number of halogens is 3. The average Bonchev–Trinajstić information content (AvgIpc) is 2.65. The molecule has 0 aliphatic carbocycles. The molecule has 2 aromatic carbocycles. The summed E-state index contributed by atoms with van der Waals surface area (Å²) < 4.78 is 15.5. The van der Waals surface area contributed by atoms with Gasteiger partial charge in [0, 0.05) is 5.02 Å². The summed E-state index contributed by atoms with van der Waals surface area (Å²) in [5.74, 6) is -0.308. The van der Waals surface area contributed by atoms with Crippen LogP contribution in [0.15, 0.2) is 36.4 Å². The second-order valence-corrected chi connectivity index (χ2v) is 4.85. The van der Waals surface area contributed by atoms with Gasteiger partial charge in [0.05, 0.1) is 16.1 Å². The summed E-state index contributed by atoms with van der Waals surface area (Å²) in [6.45, 7) is 0. The monoisotopic (exact) mass is 295 g/mol. The van der Waals surface area contributed by atoms with Crippen LogP contribution >= 0.6 is 23.2 Å². The van der Waals surface area contributed by atoms with Crippen LogP contribution in [0.25, 0.3) is 16.7 Å². The van der Waals surface area contributed by atoms with Crippen LogP contribution in [0, 0.1) is 5.82 Å². The van der Waals surface area contributed by atoms with Crippen molar-refractivity contribution >= 4 is 40.2 Å². The molecule has 0 aliphatic heterocycles. The summed E-state index contributed by atoms with van der Waals surface area (Å²) in [5.41, 5.74) is 7.28. The minimum absolute atomic E-state index is 0.157. The van der Waals surface area contributed by atoms with Crippen LogP contribution in [0.3, 0.4) is 0 Å². The van der Waals surface area contributed by atoms with Gasteiger partial charge in [0.15, 0.2) is 0 Å². The minimum Gasteiger partial charge on any atom is -0.369 e. The first-order chi connectivity index (χ1) is 9.08. The van der Waals surface area contributed by atoms with E-state index in [1.807, 2.05) is 0 Å². The number of hydrogen-bond acceptors (Lipinski definition) is 2. The summed E-state index contributed by atoms with van der Waals surface area (Å²) in [6.07, 6.45) is 0. The molecule has 0 amide bonds. The zero-order chi connectivity index (χ0) is 13.6. The Kier molecular flexibility index (Phi) is 2.84. The first-order valence-electron chi connectivity index (χ1n) is 5.46. The van der Waals surface area contributed by atoms with Gasteiger partial charge in [-0.05, 0) is 30.3 Å². The van der Waals surface area contributed by atoms with Gasteiger partial charge in [-0.2, -0.15) is 0 Å². The minimum atomic E-state index is -0.464. The highest BCUT2D eigenvalue weighted by molar-refractivity contribution is 6.32. The lowest BCUT2D eigenvalue weighted by atomic mass is 10.2. The fourth-order valence-electron chi connectivity index (χ4n) is 2.01. The second-order valence-electron chi connectivity index (χ2n) is 4.01. The van der Waals surface area contributed by atoms with Gasteiger partial charge in [0.25, 0.3) is 0 Å². The number of nitrogen functional groups attached to an aromatic ring is 1. The maximum atomic E-state index is 14.0. The van der Waals surface area contributed by atoms with E-state index in [0.29, 0.717) is 16.1 Å². The highest BCUT2D eigenvalue weighted by Crippen LogP contribution is 2.30. The van der Waals surface area contributed by atoms with Crippen molar-refractivity contribution in [3.63, 3.8) is 0 Å². The summed E-state index contributed by atoms with van der Waals surface area (Å²) in [5, 5.41) is 0.803. The number of imidazole rings is 1. The van der Waals surface area contributed by atoms with Gasteiger partial charge in [-0.1, -0.05) is 29.3 Å². The number of anilines is 1. The van der Waals surface area contributed by atoms with E-state index in [4.69, 9.17) is 28.9 Å². The third kappa shape index (κ3) is 1.93. The first kappa shape index (κ1) is 12.3. The topological polar surface area (TPSA) is 43.8 Å². The third-order valence-electron chi connectivity index (χ3n) is 2.80. The van der Waals surface area contributed by atoms with Gasteiger partial charge < -0.3 is 5.73 Å². The van der Waals surface area contributed by atoms with Gasteiger partial charge in [0.2, 0.25) is 5.95 Å². The molecule has 96 valence electrons. The highest BCUT2D eigenvalue weighted by Gasteiger charge is 2.16. The zero-order valence-corrected chi connectivity index (χ0v) is 11.1. The van der Waals surface area contributed by atoms with Crippen molar-refractivity contribution in [2.75, 3.05) is 5.73 Å². The molecule has 19 heavy (non-hydrogen) atoms. The molecular weight excluding hydrogens is 288 g/mol. The Morgan fingerprint density at radius 1 is 1.16 bits per heavy atom. The van der Waals surface area contributed by atoms with E-state index in [2.05, 4.69) is 4.98 Å². The van der Waals surface area contributed by atoms with Crippen molar-refractivity contribution < 1.29 is 4.39 Å². The predicted octanol–water partition coefficient (Wildman–Crippen LogP) is 4.05. The van der Waals surface area contributed by atoms with Crippen LogP contribution < -0.4 is 5.73 Å². The van der Waals surface area contributed by atoms with Gasteiger partial charge in [-0.15, -0.1) is 0 Å². The molecule has 0 aliphatic rings. The number of para-hydroxylation sites is 1. The van der Waals surface area contributed by atoms with Gasteiger partial charge >= 0.3 is 0 Å². The molecular formula is C13H8Cl2FN3. The van der Waals surface area contributed by atoms with E-state index in [0.717, 1.165) is 0 Å². The number of rotatable bonds is 1. The molecule has 1 aromatic heterocycles. The maximum Gasteiger partial charge on any atom is 0.206 e. The lowest BCUT2D eigenvalue weighted by Crippen LogP contribution is -2.03. The number of benzene rings is 2. The Balaban J connectivity index is 2.40.